The molecule has 0 aromatic heterocycles. The number of nitrogens with zero attached hydrogens (tertiary/aromatic N) is 1. The van der Waals surface area contributed by atoms with Crippen LogP contribution in [0.1, 0.15) is 13.8 Å². The van der Waals surface area contributed by atoms with Crippen LogP contribution in [-0.2, 0) is 4.79 Å². The number of methoxy groups -OCH3 is 1. The molecule has 1 N–H and O–H groups in total. The summed E-state index contributed by atoms with van der Waals surface area (Å²) >= 11 is 5.69. The second-order valence-electron chi connectivity index (χ2n) is 4.61. The number of benzene rings is 1. The van der Waals surface area contributed by atoms with Gasteiger partial charge in [0, 0.05) is 5.88 Å². The van der Waals surface area contributed by atoms with Gasteiger partial charge in [-0.1, -0.05) is 0 Å². The first-order chi connectivity index (χ1) is 8.81. The van der Waals surface area contributed by atoms with Gasteiger partial charge in [0.2, 0.25) is 5.91 Å². The molecule has 0 saturated heterocycles. The van der Waals surface area contributed by atoms with E-state index in [0.717, 1.165) is 0 Å². The first-order valence-corrected chi connectivity index (χ1v) is 6.05. The molecule has 0 bridgehead atoms. The Hall–Kier alpha value is -1.82. The predicted molar refractivity (Wildman–Crippen MR) is 72.8 cm³/mol. The van der Waals surface area contributed by atoms with Crippen LogP contribution in [0, 0.1) is 15.5 Å². The van der Waals surface area contributed by atoms with Gasteiger partial charge in [-0.2, -0.15) is 0 Å². The van der Waals surface area contributed by atoms with Crippen molar-refractivity contribution >= 4 is 28.9 Å². The van der Waals surface area contributed by atoms with Gasteiger partial charge < -0.3 is 10.1 Å². The molecule has 0 heterocycles. The van der Waals surface area contributed by atoms with Crippen LogP contribution in [0.25, 0.3) is 0 Å². The van der Waals surface area contributed by atoms with Crippen LogP contribution < -0.4 is 10.1 Å². The van der Waals surface area contributed by atoms with Crippen molar-refractivity contribution in [3.63, 3.8) is 0 Å². The monoisotopic (exact) mass is 286 g/mol. The van der Waals surface area contributed by atoms with Gasteiger partial charge >= 0.3 is 0 Å². The molecule has 1 aromatic rings. The summed E-state index contributed by atoms with van der Waals surface area (Å²) in [6.07, 6.45) is 0. The molecule has 104 valence electrons. The van der Waals surface area contributed by atoms with Crippen LogP contribution in [0.4, 0.5) is 11.4 Å². The van der Waals surface area contributed by atoms with E-state index < -0.39 is 10.3 Å². The summed E-state index contributed by atoms with van der Waals surface area (Å²) in [6.45, 7) is 3.31. The number of nitro benzene ring substituents is 1. The molecule has 0 spiro atoms. The molecule has 6 nitrogen and oxygen atoms in total. The number of carbonyl (C=O) groups is 1. The maximum absolute atomic E-state index is 11.9. The standard InChI is InChI=1S/C12H15ClN2O4/c1-12(2,7-13)11(16)14-9-5-4-8(19-3)6-10(9)15(17)18/h4-6H,7H2,1-3H3,(H,14,16). The van der Waals surface area contributed by atoms with Crippen LogP contribution in [0.5, 0.6) is 5.75 Å². The summed E-state index contributed by atoms with van der Waals surface area (Å²) in [4.78, 5) is 22.3. The van der Waals surface area contributed by atoms with Gasteiger partial charge in [0.1, 0.15) is 11.4 Å². The number of nitrogens with one attached hydrogen (secondary N) is 1. The first kappa shape index (κ1) is 15.2. The lowest BCUT2D eigenvalue weighted by atomic mass is 9.95. The number of alkyl halides is 1. The van der Waals surface area contributed by atoms with Crippen LogP contribution in [0.2, 0.25) is 0 Å². The Kier molecular flexibility index (Phi) is 4.72. The largest absolute Gasteiger partial charge is 0.496 e. The molecule has 0 radical (unpaired) electrons. The minimum atomic E-state index is -0.810. The summed E-state index contributed by atoms with van der Waals surface area (Å²) < 4.78 is 4.92. The van der Waals surface area contributed by atoms with Crippen molar-refractivity contribution in [1.82, 2.24) is 0 Å². The Morgan fingerprint density at radius 2 is 2.16 bits per heavy atom. The average Bonchev–Trinajstić information content (AvgIpc) is 2.38. The lowest BCUT2D eigenvalue weighted by Gasteiger charge is -2.20. The molecule has 7 heteroatoms. The molecule has 0 atom stereocenters. The van der Waals surface area contributed by atoms with Gasteiger partial charge in [-0.15, -0.1) is 11.6 Å². The molecule has 0 aliphatic rings. The Labute approximate surface area is 115 Å². The molecule has 0 aliphatic heterocycles. The van der Waals surface area contributed by atoms with E-state index in [9.17, 15) is 14.9 Å². The van der Waals surface area contributed by atoms with E-state index in [4.69, 9.17) is 16.3 Å². The second kappa shape index (κ2) is 5.88. The summed E-state index contributed by atoms with van der Waals surface area (Å²) in [5.74, 6) is 0.0834. The van der Waals surface area contributed by atoms with Crippen molar-refractivity contribution in [3.05, 3.63) is 28.3 Å². The molecule has 0 fully saturated rings. The van der Waals surface area contributed by atoms with Gasteiger partial charge in [-0.3, -0.25) is 14.9 Å². The third kappa shape index (κ3) is 3.57. The minimum Gasteiger partial charge on any atom is -0.496 e. The van der Waals surface area contributed by atoms with E-state index in [1.165, 1.54) is 25.3 Å². The molecule has 0 aliphatic carbocycles. The number of carbonyl (C=O) groups excluding carboxylic acids is 1. The zero-order valence-electron chi connectivity index (χ0n) is 10.9. The number of hydrogen-bond acceptors (Lipinski definition) is 4. The number of amides is 1. The lowest BCUT2D eigenvalue weighted by Crippen LogP contribution is -2.32. The summed E-state index contributed by atoms with van der Waals surface area (Å²) in [5.41, 5.74) is -0.915. The van der Waals surface area contributed by atoms with E-state index >= 15 is 0 Å². The summed E-state index contributed by atoms with van der Waals surface area (Å²) in [6, 6.07) is 4.22. The third-order valence-corrected chi connectivity index (χ3v) is 3.27. The van der Waals surface area contributed by atoms with E-state index in [0.29, 0.717) is 5.75 Å². The number of hydrogen-bond donors (Lipinski definition) is 1. The van der Waals surface area contributed by atoms with Gasteiger partial charge in [0.15, 0.2) is 0 Å². The fourth-order valence-corrected chi connectivity index (χ4v) is 1.37. The van der Waals surface area contributed by atoms with Crippen molar-refractivity contribution in [2.24, 2.45) is 5.41 Å². The van der Waals surface area contributed by atoms with Crippen LogP contribution in [-0.4, -0.2) is 23.8 Å². The molecule has 1 aromatic carbocycles. The van der Waals surface area contributed by atoms with Crippen LogP contribution in [0.15, 0.2) is 18.2 Å². The highest BCUT2D eigenvalue weighted by atomic mass is 35.5. The second-order valence-corrected chi connectivity index (χ2v) is 4.88. The Balaban J connectivity index is 3.08. The Morgan fingerprint density at radius 3 is 2.63 bits per heavy atom. The van der Waals surface area contributed by atoms with Crippen molar-refractivity contribution in [2.75, 3.05) is 18.3 Å². The average molecular weight is 287 g/mol. The molecule has 0 unspecified atom stereocenters. The molecule has 1 rings (SSSR count). The topological polar surface area (TPSA) is 81.5 Å². The quantitative estimate of drug-likeness (QED) is 0.512. The fourth-order valence-electron chi connectivity index (χ4n) is 1.25. The number of ether oxygens (including phenoxy) is 1. The van der Waals surface area contributed by atoms with Crippen molar-refractivity contribution < 1.29 is 14.5 Å². The minimum absolute atomic E-state index is 0.114. The fraction of sp³-hybridized carbons (Fsp3) is 0.417. The number of anilines is 1. The molecular formula is C12H15ClN2O4. The highest BCUT2D eigenvalue weighted by molar-refractivity contribution is 6.20. The van der Waals surface area contributed by atoms with E-state index in [2.05, 4.69) is 5.32 Å². The van der Waals surface area contributed by atoms with Crippen LogP contribution in [0.3, 0.4) is 0 Å². The SMILES string of the molecule is COc1ccc(NC(=O)C(C)(C)CCl)c([N+](=O)[O-])c1. The normalized spacial score (nSPS) is 10.9. The van der Waals surface area contributed by atoms with Crippen molar-refractivity contribution in [1.29, 1.82) is 0 Å². The zero-order chi connectivity index (χ0) is 14.6. The third-order valence-electron chi connectivity index (χ3n) is 2.60. The van der Waals surface area contributed by atoms with Gasteiger partial charge in [-0.25, -0.2) is 0 Å². The molecular weight excluding hydrogens is 272 g/mol. The predicted octanol–water partition coefficient (Wildman–Crippen LogP) is 2.81. The maximum atomic E-state index is 11.9. The summed E-state index contributed by atoms with van der Waals surface area (Å²) in [7, 11) is 1.41. The van der Waals surface area contributed by atoms with Gasteiger partial charge in [0.25, 0.3) is 5.69 Å². The smallest absolute Gasteiger partial charge is 0.296 e. The number of rotatable bonds is 5. The Bertz CT molecular complexity index is 503. The molecule has 19 heavy (non-hydrogen) atoms. The molecule has 1 amide bonds. The van der Waals surface area contributed by atoms with E-state index in [1.807, 2.05) is 0 Å². The highest BCUT2D eigenvalue weighted by Gasteiger charge is 2.28. The molecule has 0 saturated carbocycles. The zero-order valence-corrected chi connectivity index (χ0v) is 11.7. The van der Waals surface area contributed by atoms with Crippen LogP contribution >= 0.6 is 11.6 Å². The van der Waals surface area contributed by atoms with E-state index in [-0.39, 0.29) is 23.2 Å². The number of halogens is 1. The van der Waals surface area contributed by atoms with Crippen molar-refractivity contribution in [3.8, 4) is 5.75 Å². The van der Waals surface area contributed by atoms with Crippen molar-refractivity contribution in [2.45, 2.75) is 13.8 Å². The Morgan fingerprint density at radius 1 is 1.53 bits per heavy atom. The first-order valence-electron chi connectivity index (χ1n) is 5.51. The lowest BCUT2D eigenvalue weighted by molar-refractivity contribution is -0.384. The van der Waals surface area contributed by atoms with Gasteiger partial charge in [0.05, 0.1) is 23.5 Å². The number of nitro groups is 1. The highest BCUT2D eigenvalue weighted by Crippen LogP contribution is 2.30. The van der Waals surface area contributed by atoms with E-state index in [1.54, 1.807) is 13.8 Å². The van der Waals surface area contributed by atoms with Gasteiger partial charge in [-0.05, 0) is 26.0 Å². The maximum Gasteiger partial charge on any atom is 0.296 e. The summed E-state index contributed by atoms with van der Waals surface area (Å²) in [5, 5.41) is 13.5.